The first kappa shape index (κ1) is 13.4. The Labute approximate surface area is 113 Å². The summed E-state index contributed by atoms with van der Waals surface area (Å²) >= 11 is 0. The summed E-state index contributed by atoms with van der Waals surface area (Å²) < 4.78 is 0. The molecule has 19 heavy (non-hydrogen) atoms. The third-order valence-electron chi connectivity index (χ3n) is 3.11. The maximum atomic E-state index is 10.3. The molecule has 2 rings (SSSR count). The summed E-state index contributed by atoms with van der Waals surface area (Å²) in [5.74, 6) is 0.0170. The molecule has 2 aromatic carbocycles. The lowest BCUT2D eigenvalue weighted by molar-refractivity contribution is 0.153. The van der Waals surface area contributed by atoms with Crippen LogP contribution in [0.25, 0.3) is 11.1 Å². The smallest absolute Gasteiger partial charge is 0.136 e. The molecule has 0 spiro atoms. The molecule has 0 saturated carbocycles. The molecule has 1 atom stereocenters. The fourth-order valence-electron chi connectivity index (χ4n) is 2.04. The SMILES string of the molecule is CC(C)=C(O)C(O)c1ccccc1-c1ccccc1. The van der Waals surface area contributed by atoms with Gasteiger partial charge in [0.05, 0.1) is 0 Å². The summed E-state index contributed by atoms with van der Waals surface area (Å²) in [6.45, 7) is 3.56. The molecule has 0 aliphatic heterocycles. The van der Waals surface area contributed by atoms with Crippen molar-refractivity contribution in [1.29, 1.82) is 0 Å². The maximum Gasteiger partial charge on any atom is 0.136 e. The van der Waals surface area contributed by atoms with Crippen LogP contribution >= 0.6 is 0 Å². The molecule has 1 unspecified atom stereocenters. The molecule has 0 heterocycles. The van der Waals surface area contributed by atoms with Crippen molar-refractivity contribution in [1.82, 2.24) is 0 Å². The van der Waals surface area contributed by atoms with Crippen molar-refractivity contribution >= 4 is 0 Å². The highest BCUT2D eigenvalue weighted by Crippen LogP contribution is 2.31. The van der Waals surface area contributed by atoms with Gasteiger partial charge in [-0.15, -0.1) is 0 Å². The first-order valence-corrected chi connectivity index (χ1v) is 6.30. The Kier molecular flexibility index (Phi) is 4.03. The largest absolute Gasteiger partial charge is 0.509 e. The Morgan fingerprint density at radius 3 is 2.11 bits per heavy atom. The Morgan fingerprint density at radius 2 is 1.47 bits per heavy atom. The Balaban J connectivity index is 2.52. The van der Waals surface area contributed by atoms with Gasteiger partial charge in [0.2, 0.25) is 0 Å². The predicted molar refractivity (Wildman–Crippen MR) is 77.8 cm³/mol. The second-order valence-corrected chi connectivity index (χ2v) is 4.74. The third kappa shape index (κ3) is 2.85. The van der Waals surface area contributed by atoms with E-state index in [-0.39, 0.29) is 5.76 Å². The van der Waals surface area contributed by atoms with Gasteiger partial charge in [0.1, 0.15) is 11.9 Å². The van der Waals surface area contributed by atoms with Gasteiger partial charge >= 0.3 is 0 Å². The van der Waals surface area contributed by atoms with Crippen LogP contribution < -0.4 is 0 Å². The number of rotatable bonds is 3. The molecule has 0 aliphatic rings. The summed E-state index contributed by atoms with van der Waals surface area (Å²) in [6.07, 6.45) is -0.985. The molecule has 2 nitrogen and oxygen atoms in total. The molecule has 2 aromatic rings. The number of hydrogen-bond acceptors (Lipinski definition) is 2. The van der Waals surface area contributed by atoms with E-state index in [1.165, 1.54) is 0 Å². The van der Waals surface area contributed by atoms with Crippen molar-refractivity contribution in [2.45, 2.75) is 20.0 Å². The fraction of sp³-hybridized carbons (Fsp3) is 0.176. The number of allylic oxidation sites excluding steroid dienone is 1. The van der Waals surface area contributed by atoms with E-state index >= 15 is 0 Å². The summed E-state index contributed by atoms with van der Waals surface area (Å²) in [5.41, 5.74) is 3.39. The molecule has 0 amide bonds. The Bertz CT molecular complexity index is 581. The zero-order valence-corrected chi connectivity index (χ0v) is 11.2. The van der Waals surface area contributed by atoms with Crippen LogP contribution in [0.5, 0.6) is 0 Å². The maximum absolute atomic E-state index is 10.3. The minimum atomic E-state index is -0.985. The number of aliphatic hydroxyl groups excluding tert-OH is 2. The lowest BCUT2D eigenvalue weighted by atomic mass is 9.94. The number of benzene rings is 2. The Hall–Kier alpha value is -2.06. The van der Waals surface area contributed by atoms with Crippen LogP contribution in [0.4, 0.5) is 0 Å². The Morgan fingerprint density at radius 1 is 0.895 bits per heavy atom. The minimum absolute atomic E-state index is 0.0170. The summed E-state index contributed by atoms with van der Waals surface area (Å²) in [7, 11) is 0. The first-order valence-electron chi connectivity index (χ1n) is 6.30. The van der Waals surface area contributed by atoms with E-state index in [2.05, 4.69) is 0 Å². The quantitative estimate of drug-likeness (QED) is 0.804. The lowest BCUT2D eigenvalue weighted by Gasteiger charge is -2.16. The molecule has 2 heteroatoms. The van der Waals surface area contributed by atoms with E-state index in [0.717, 1.165) is 16.7 Å². The van der Waals surface area contributed by atoms with Gasteiger partial charge in [0.25, 0.3) is 0 Å². The molecule has 0 fully saturated rings. The van der Waals surface area contributed by atoms with Crippen LogP contribution in [0, 0.1) is 0 Å². The van der Waals surface area contributed by atoms with Gasteiger partial charge in [0.15, 0.2) is 0 Å². The molecule has 0 aliphatic carbocycles. The van der Waals surface area contributed by atoms with E-state index in [4.69, 9.17) is 0 Å². The van der Waals surface area contributed by atoms with Gasteiger partial charge in [-0.05, 0) is 36.1 Å². The molecular weight excluding hydrogens is 236 g/mol. The second kappa shape index (κ2) is 5.72. The fourth-order valence-corrected chi connectivity index (χ4v) is 2.04. The highest BCUT2D eigenvalue weighted by molar-refractivity contribution is 5.68. The minimum Gasteiger partial charge on any atom is -0.509 e. The van der Waals surface area contributed by atoms with E-state index in [1.54, 1.807) is 13.8 Å². The van der Waals surface area contributed by atoms with Crippen molar-refractivity contribution in [3.05, 3.63) is 71.5 Å². The molecule has 2 N–H and O–H groups in total. The monoisotopic (exact) mass is 254 g/mol. The summed E-state index contributed by atoms with van der Waals surface area (Å²) in [4.78, 5) is 0. The van der Waals surface area contributed by atoms with Crippen LogP contribution in [-0.2, 0) is 0 Å². The third-order valence-corrected chi connectivity index (χ3v) is 3.11. The van der Waals surface area contributed by atoms with Gasteiger partial charge in [-0.2, -0.15) is 0 Å². The van der Waals surface area contributed by atoms with Crippen LogP contribution in [-0.4, -0.2) is 10.2 Å². The summed E-state index contributed by atoms with van der Waals surface area (Å²) in [6, 6.07) is 17.4. The zero-order chi connectivity index (χ0) is 13.8. The lowest BCUT2D eigenvalue weighted by Crippen LogP contribution is -2.04. The van der Waals surface area contributed by atoms with Crippen LogP contribution in [0.15, 0.2) is 65.9 Å². The highest BCUT2D eigenvalue weighted by atomic mass is 16.3. The number of hydrogen-bond donors (Lipinski definition) is 2. The standard InChI is InChI=1S/C17H18O2/c1-12(2)16(18)17(19)15-11-7-6-10-14(15)13-8-4-3-5-9-13/h3-11,17-19H,1-2H3. The molecule has 0 aromatic heterocycles. The normalized spacial score (nSPS) is 11.9. The van der Waals surface area contributed by atoms with Crippen molar-refractivity contribution in [3.8, 4) is 11.1 Å². The van der Waals surface area contributed by atoms with E-state index < -0.39 is 6.10 Å². The van der Waals surface area contributed by atoms with E-state index in [0.29, 0.717) is 5.56 Å². The van der Waals surface area contributed by atoms with Gasteiger partial charge < -0.3 is 10.2 Å². The van der Waals surface area contributed by atoms with Gasteiger partial charge in [-0.3, -0.25) is 0 Å². The van der Waals surface area contributed by atoms with Gasteiger partial charge in [-0.1, -0.05) is 54.6 Å². The first-order chi connectivity index (χ1) is 9.11. The molecular formula is C17H18O2. The van der Waals surface area contributed by atoms with Crippen molar-refractivity contribution < 1.29 is 10.2 Å². The van der Waals surface area contributed by atoms with Gasteiger partial charge in [-0.25, -0.2) is 0 Å². The molecule has 0 radical (unpaired) electrons. The van der Waals surface area contributed by atoms with E-state index in [1.807, 2.05) is 54.6 Å². The van der Waals surface area contributed by atoms with E-state index in [9.17, 15) is 10.2 Å². The molecule has 0 saturated heterocycles. The number of aliphatic hydroxyl groups is 2. The molecule has 0 bridgehead atoms. The predicted octanol–water partition coefficient (Wildman–Crippen LogP) is 4.24. The van der Waals surface area contributed by atoms with Crippen LogP contribution in [0.3, 0.4) is 0 Å². The molecule has 98 valence electrons. The van der Waals surface area contributed by atoms with Crippen molar-refractivity contribution in [3.63, 3.8) is 0 Å². The zero-order valence-electron chi connectivity index (χ0n) is 11.2. The van der Waals surface area contributed by atoms with Crippen LogP contribution in [0.1, 0.15) is 25.5 Å². The average molecular weight is 254 g/mol. The van der Waals surface area contributed by atoms with Crippen molar-refractivity contribution in [2.75, 3.05) is 0 Å². The average Bonchev–Trinajstić information content (AvgIpc) is 2.46. The summed E-state index contributed by atoms with van der Waals surface area (Å²) in [5, 5.41) is 20.2. The van der Waals surface area contributed by atoms with Crippen molar-refractivity contribution in [2.24, 2.45) is 0 Å². The van der Waals surface area contributed by atoms with Gasteiger partial charge in [0, 0.05) is 0 Å². The van der Waals surface area contributed by atoms with Crippen LogP contribution in [0.2, 0.25) is 0 Å². The highest BCUT2D eigenvalue weighted by Gasteiger charge is 2.17. The second-order valence-electron chi connectivity index (χ2n) is 4.74. The topological polar surface area (TPSA) is 40.5 Å².